The maximum absolute atomic E-state index is 3.25. The van der Waals surface area contributed by atoms with Crippen molar-refractivity contribution < 1.29 is 48.9 Å². The van der Waals surface area contributed by atoms with Gasteiger partial charge in [-0.3, -0.25) is 0 Å². The molecule has 0 saturated heterocycles. The van der Waals surface area contributed by atoms with Crippen LogP contribution in [0.25, 0.3) is 0 Å². The predicted octanol–water partition coefficient (Wildman–Crippen LogP) is 5.77. The van der Waals surface area contributed by atoms with Crippen LogP contribution in [0.2, 0.25) is 0 Å². The van der Waals surface area contributed by atoms with Crippen molar-refractivity contribution in [3.63, 3.8) is 0 Å². The normalized spacial score (nSPS) is 5.05. The first-order valence-electron chi connectivity index (χ1n) is 5.83. The van der Waals surface area contributed by atoms with Crippen molar-refractivity contribution in [3.05, 3.63) is 39.5 Å². The van der Waals surface area contributed by atoms with Gasteiger partial charge in [-0.2, -0.15) is 69.2 Å². The van der Waals surface area contributed by atoms with Crippen LogP contribution in [0.5, 0.6) is 0 Å². The molecule has 1 nitrogen and oxygen atoms in total. The third-order valence-corrected chi connectivity index (χ3v) is 0. The molecule has 2 N–H and O–H groups in total. The molecule has 19 heavy (non-hydrogen) atoms. The van der Waals surface area contributed by atoms with E-state index in [2.05, 4.69) is 69.2 Å². The molecule has 0 bridgehead atoms. The van der Waals surface area contributed by atoms with Gasteiger partial charge in [-0.25, -0.2) is 0 Å². The molecule has 0 aromatic carbocycles. The monoisotopic (exact) mass is 344 g/mol. The van der Waals surface area contributed by atoms with Gasteiger partial charge in [0.15, 0.2) is 0 Å². The van der Waals surface area contributed by atoms with Crippen LogP contribution in [0.1, 0.15) is 69.2 Å². The average molecular weight is 344 g/mol. The van der Waals surface area contributed by atoms with E-state index in [0.717, 1.165) is 0 Å². The number of hydrogen-bond donors (Lipinski definition) is 0. The Kier molecular flexibility index (Phi) is 374. The molecule has 0 aliphatic carbocycles. The standard InChI is InChI=1S/2C4H9.4C2H5.H2O.2Ti/c2*1-4(2)3;4*1-2;;;/h2*1-3H3;4*1H2,2H3;1H2;;/q6*-1;;2*+3. The summed E-state index contributed by atoms with van der Waals surface area (Å²) in [6, 6.07) is 0. The Hall–Kier alpha value is 1.39. The van der Waals surface area contributed by atoms with E-state index in [1.54, 1.807) is 27.7 Å². The molecule has 0 saturated carbocycles. The minimum Gasteiger partial charge on any atom is -0.412 e. The van der Waals surface area contributed by atoms with Gasteiger partial charge < -0.3 is 45.0 Å². The van der Waals surface area contributed by atoms with E-state index in [-0.39, 0.29) is 48.9 Å². The zero-order valence-corrected chi connectivity index (χ0v) is 18.5. The second-order valence-electron chi connectivity index (χ2n) is 3.00. The van der Waals surface area contributed by atoms with Crippen molar-refractivity contribution >= 4 is 0 Å². The van der Waals surface area contributed by atoms with Crippen LogP contribution in [0.3, 0.4) is 0 Å². The van der Waals surface area contributed by atoms with Crippen molar-refractivity contribution in [2.45, 2.75) is 69.2 Å². The molecule has 0 atom stereocenters. The van der Waals surface area contributed by atoms with E-state index in [0.29, 0.717) is 0 Å². The summed E-state index contributed by atoms with van der Waals surface area (Å²) >= 11 is 0. The number of hydrogen-bond acceptors (Lipinski definition) is 0. The zero-order chi connectivity index (χ0) is 15.2. The smallest absolute Gasteiger partial charge is 0.412 e. The summed E-state index contributed by atoms with van der Waals surface area (Å²) in [4.78, 5) is 0. The van der Waals surface area contributed by atoms with Crippen LogP contribution in [0, 0.1) is 39.5 Å². The topological polar surface area (TPSA) is 31.5 Å². The van der Waals surface area contributed by atoms with Gasteiger partial charge in [0.05, 0.1) is 0 Å². The van der Waals surface area contributed by atoms with Gasteiger partial charge in [-0.05, 0) is 0 Å². The molecule has 0 spiro atoms. The van der Waals surface area contributed by atoms with Gasteiger partial charge >= 0.3 is 43.4 Å². The van der Waals surface area contributed by atoms with Gasteiger partial charge in [-0.15, -0.1) is 0 Å². The molecule has 118 valence electrons. The third kappa shape index (κ3) is 3040. The second kappa shape index (κ2) is 120. The van der Waals surface area contributed by atoms with E-state index >= 15 is 0 Å². The molecule has 0 unspecified atom stereocenters. The molecule has 0 aromatic rings. The Morgan fingerprint density at radius 3 is 0.421 bits per heavy atom. The maximum Gasteiger partial charge on any atom is 3.00 e. The summed E-state index contributed by atoms with van der Waals surface area (Å²) in [6.45, 7) is 32.5. The summed E-state index contributed by atoms with van der Waals surface area (Å²) < 4.78 is 0. The predicted molar refractivity (Wildman–Crippen MR) is 88.3 cm³/mol. The second-order valence-corrected chi connectivity index (χ2v) is 3.00. The van der Waals surface area contributed by atoms with E-state index in [4.69, 9.17) is 0 Å². The summed E-state index contributed by atoms with van der Waals surface area (Å²) in [6.07, 6.45) is 0. The summed E-state index contributed by atoms with van der Waals surface area (Å²) in [5.41, 5.74) is 0. The summed E-state index contributed by atoms with van der Waals surface area (Å²) in [5, 5.41) is 0. The van der Waals surface area contributed by atoms with Gasteiger partial charge in [0.2, 0.25) is 0 Å². The molecule has 0 aliphatic rings. The fourth-order valence-electron chi connectivity index (χ4n) is 0. The fourth-order valence-corrected chi connectivity index (χ4v) is 0. The minimum absolute atomic E-state index is 0. The van der Waals surface area contributed by atoms with E-state index < -0.39 is 0 Å². The minimum atomic E-state index is 0. The van der Waals surface area contributed by atoms with Crippen molar-refractivity contribution in [3.8, 4) is 0 Å². The van der Waals surface area contributed by atoms with Crippen LogP contribution in [-0.2, 0) is 43.4 Å². The van der Waals surface area contributed by atoms with Crippen LogP contribution in [-0.4, -0.2) is 5.48 Å². The Bertz CT molecular complexity index is 30.2. The summed E-state index contributed by atoms with van der Waals surface area (Å²) in [5.74, 6) is 2.83. The van der Waals surface area contributed by atoms with Crippen LogP contribution in [0.15, 0.2) is 0 Å². The molecule has 0 heterocycles. The molecule has 0 aliphatic heterocycles. The van der Waals surface area contributed by atoms with Crippen molar-refractivity contribution in [2.75, 3.05) is 0 Å². The quantitative estimate of drug-likeness (QED) is 0.394. The van der Waals surface area contributed by atoms with Crippen molar-refractivity contribution in [2.24, 2.45) is 0 Å². The maximum atomic E-state index is 3.25. The van der Waals surface area contributed by atoms with Gasteiger partial charge in [0.25, 0.3) is 0 Å². The van der Waals surface area contributed by atoms with Crippen molar-refractivity contribution in [1.82, 2.24) is 0 Å². The Morgan fingerprint density at radius 2 is 0.421 bits per heavy atom. The first-order valence-corrected chi connectivity index (χ1v) is 5.83. The fraction of sp³-hybridized carbons (Fsp3) is 0.625. The molecular formula is C16H40OTi2. The molecule has 2 radical (unpaired) electrons. The van der Waals surface area contributed by atoms with Gasteiger partial charge in [0.1, 0.15) is 0 Å². The Balaban J connectivity index is -0.00000000908. The van der Waals surface area contributed by atoms with Crippen molar-refractivity contribution in [1.29, 1.82) is 0 Å². The number of rotatable bonds is 0. The molecule has 0 fully saturated rings. The van der Waals surface area contributed by atoms with E-state index in [1.165, 1.54) is 11.8 Å². The Labute approximate surface area is 157 Å². The van der Waals surface area contributed by atoms with Gasteiger partial charge in [-0.1, -0.05) is 0 Å². The zero-order valence-electron chi connectivity index (χ0n) is 15.3. The first-order chi connectivity index (χ1) is 7.46. The van der Waals surface area contributed by atoms with Crippen LogP contribution in [0.4, 0.5) is 0 Å². The molecule has 0 rings (SSSR count). The molecule has 0 amide bonds. The summed E-state index contributed by atoms with van der Waals surface area (Å²) in [7, 11) is 0. The Morgan fingerprint density at radius 1 is 0.421 bits per heavy atom. The van der Waals surface area contributed by atoms with Crippen LogP contribution < -0.4 is 0 Å². The molecular weight excluding hydrogens is 304 g/mol. The molecule has 3 heteroatoms. The van der Waals surface area contributed by atoms with E-state index in [1.807, 2.05) is 0 Å². The van der Waals surface area contributed by atoms with Crippen LogP contribution >= 0.6 is 0 Å². The third-order valence-electron chi connectivity index (χ3n) is 0. The largest absolute Gasteiger partial charge is 3.00 e. The average Bonchev–Trinajstić information content (AvgIpc) is 2.27. The SMILES string of the molecule is C[C-](C)C.C[C-](C)C.O.[CH2-]C.[CH2-]C.[CH2-]C.[CH2-]C.[Ti+3].[Ti+3]. The van der Waals surface area contributed by atoms with Gasteiger partial charge in [0, 0.05) is 0 Å². The van der Waals surface area contributed by atoms with E-state index in [9.17, 15) is 0 Å². The first kappa shape index (κ1) is 59.1. The molecule has 0 aromatic heterocycles.